The standard InChI is InChI=1S/C11H18O2S/c1-13-10(12)6-11(4-5-11)8-14-7-9-2-3-9/h9H,2-8H2,1H3. The summed E-state index contributed by atoms with van der Waals surface area (Å²) in [6, 6.07) is 0. The van der Waals surface area contributed by atoms with E-state index in [1.807, 2.05) is 11.8 Å². The van der Waals surface area contributed by atoms with Crippen molar-refractivity contribution in [3.05, 3.63) is 0 Å². The summed E-state index contributed by atoms with van der Waals surface area (Å²) in [6.07, 6.45) is 5.94. The van der Waals surface area contributed by atoms with Crippen molar-refractivity contribution in [3.63, 3.8) is 0 Å². The normalized spacial score (nSPS) is 23.2. The Labute approximate surface area is 89.8 Å². The maximum Gasteiger partial charge on any atom is 0.306 e. The molecule has 0 bridgehead atoms. The molecule has 2 aliphatic carbocycles. The molecule has 0 saturated heterocycles. The Bertz CT molecular complexity index is 219. The van der Waals surface area contributed by atoms with Crippen LogP contribution in [-0.4, -0.2) is 24.6 Å². The van der Waals surface area contributed by atoms with Crippen LogP contribution in [0.3, 0.4) is 0 Å². The highest BCUT2D eigenvalue weighted by Crippen LogP contribution is 2.51. The number of thioether (sulfide) groups is 1. The topological polar surface area (TPSA) is 26.3 Å². The van der Waals surface area contributed by atoms with Gasteiger partial charge in [-0.3, -0.25) is 4.79 Å². The number of ether oxygens (including phenoxy) is 1. The number of rotatable bonds is 6. The van der Waals surface area contributed by atoms with Gasteiger partial charge in [0.25, 0.3) is 0 Å². The summed E-state index contributed by atoms with van der Waals surface area (Å²) in [5, 5.41) is 0. The Morgan fingerprint density at radius 3 is 2.71 bits per heavy atom. The van der Waals surface area contributed by atoms with E-state index in [2.05, 4.69) is 0 Å². The first-order chi connectivity index (χ1) is 6.74. The number of hydrogen-bond acceptors (Lipinski definition) is 3. The highest BCUT2D eigenvalue weighted by Gasteiger charge is 2.44. The quantitative estimate of drug-likeness (QED) is 0.635. The van der Waals surface area contributed by atoms with Gasteiger partial charge in [0.2, 0.25) is 0 Å². The molecule has 0 aromatic rings. The molecule has 0 amide bonds. The zero-order valence-electron chi connectivity index (χ0n) is 8.75. The lowest BCUT2D eigenvalue weighted by Gasteiger charge is -2.12. The van der Waals surface area contributed by atoms with Crippen molar-refractivity contribution in [3.8, 4) is 0 Å². The van der Waals surface area contributed by atoms with E-state index in [9.17, 15) is 4.79 Å². The fourth-order valence-electron chi connectivity index (χ4n) is 1.65. The molecule has 3 heteroatoms. The molecule has 0 heterocycles. The smallest absolute Gasteiger partial charge is 0.306 e. The van der Waals surface area contributed by atoms with Crippen LogP contribution in [0.5, 0.6) is 0 Å². The van der Waals surface area contributed by atoms with Gasteiger partial charge >= 0.3 is 5.97 Å². The van der Waals surface area contributed by atoms with Gasteiger partial charge in [0.15, 0.2) is 0 Å². The first-order valence-electron chi connectivity index (χ1n) is 5.39. The Morgan fingerprint density at radius 2 is 2.21 bits per heavy atom. The Kier molecular flexibility index (Phi) is 3.05. The molecule has 2 aliphatic rings. The maximum absolute atomic E-state index is 11.1. The van der Waals surface area contributed by atoms with Crippen LogP contribution in [-0.2, 0) is 9.53 Å². The van der Waals surface area contributed by atoms with Gasteiger partial charge in [-0.05, 0) is 48.5 Å². The zero-order chi connectivity index (χ0) is 10.0. The van der Waals surface area contributed by atoms with Crippen molar-refractivity contribution in [1.29, 1.82) is 0 Å². The van der Waals surface area contributed by atoms with Crippen molar-refractivity contribution < 1.29 is 9.53 Å². The van der Waals surface area contributed by atoms with Crippen molar-refractivity contribution in [1.82, 2.24) is 0 Å². The summed E-state index contributed by atoms with van der Waals surface area (Å²) in [4.78, 5) is 11.1. The minimum Gasteiger partial charge on any atom is -0.469 e. The largest absolute Gasteiger partial charge is 0.469 e. The molecule has 0 aliphatic heterocycles. The molecule has 2 nitrogen and oxygen atoms in total. The van der Waals surface area contributed by atoms with Gasteiger partial charge in [0.1, 0.15) is 0 Å². The molecule has 0 radical (unpaired) electrons. The van der Waals surface area contributed by atoms with Crippen LogP contribution in [0.2, 0.25) is 0 Å². The zero-order valence-corrected chi connectivity index (χ0v) is 9.57. The van der Waals surface area contributed by atoms with E-state index in [0.29, 0.717) is 11.8 Å². The Balaban J connectivity index is 1.64. The minimum atomic E-state index is -0.0329. The first kappa shape index (κ1) is 10.3. The number of esters is 1. The lowest BCUT2D eigenvalue weighted by molar-refractivity contribution is -0.141. The number of carbonyl (C=O) groups excluding carboxylic acids is 1. The third-order valence-corrected chi connectivity index (χ3v) is 4.69. The van der Waals surface area contributed by atoms with E-state index in [4.69, 9.17) is 4.74 Å². The second-order valence-corrected chi connectivity index (χ2v) is 5.74. The summed E-state index contributed by atoms with van der Waals surface area (Å²) in [5.74, 6) is 3.44. The highest BCUT2D eigenvalue weighted by atomic mass is 32.2. The third kappa shape index (κ3) is 2.91. The second kappa shape index (κ2) is 4.13. The highest BCUT2D eigenvalue weighted by molar-refractivity contribution is 7.99. The number of hydrogen-bond donors (Lipinski definition) is 0. The average Bonchev–Trinajstić information content (AvgIpc) is 3.03. The van der Waals surface area contributed by atoms with E-state index >= 15 is 0 Å². The molecule has 0 aromatic carbocycles. The van der Waals surface area contributed by atoms with Crippen LogP contribution in [0.1, 0.15) is 32.1 Å². The monoisotopic (exact) mass is 214 g/mol. The lowest BCUT2D eigenvalue weighted by atomic mass is 10.1. The average molecular weight is 214 g/mol. The van der Waals surface area contributed by atoms with Gasteiger partial charge in [-0.2, -0.15) is 11.8 Å². The molecular formula is C11H18O2S. The van der Waals surface area contributed by atoms with E-state index in [0.717, 1.165) is 5.92 Å². The summed E-state index contributed by atoms with van der Waals surface area (Å²) in [7, 11) is 1.48. The molecule has 0 N–H and O–H groups in total. The fourth-order valence-corrected chi connectivity index (χ4v) is 3.26. The molecule has 0 aromatic heterocycles. The van der Waals surface area contributed by atoms with Gasteiger partial charge < -0.3 is 4.74 Å². The van der Waals surface area contributed by atoms with Crippen molar-refractivity contribution in [2.45, 2.75) is 32.1 Å². The van der Waals surface area contributed by atoms with Crippen LogP contribution in [0.4, 0.5) is 0 Å². The molecule has 80 valence electrons. The maximum atomic E-state index is 11.1. The SMILES string of the molecule is COC(=O)CC1(CSCC2CC2)CC1. The van der Waals surface area contributed by atoms with Crippen LogP contribution < -0.4 is 0 Å². The summed E-state index contributed by atoms with van der Waals surface area (Å²) in [5.41, 5.74) is 0.326. The lowest BCUT2D eigenvalue weighted by Crippen LogP contribution is -2.13. The molecule has 0 spiro atoms. The van der Waals surface area contributed by atoms with Crippen LogP contribution in [0.15, 0.2) is 0 Å². The van der Waals surface area contributed by atoms with Crippen molar-refractivity contribution in [2.75, 3.05) is 18.6 Å². The predicted molar refractivity (Wildman–Crippen MR) is 58.3 cm³/mol. The second-order valence-electron chi connectivity index (χ2n) is 4.71. The molecule has 0 atom stereocenters. The Morgan fingerprint density at radius 1 is 1.50 bits per heavy atom. The van der Waals surface area contributed by atoms with E-state index in [-0.39, 0.29) is 5.97 Å². The van der Waals surface area contributed by atoms with Gasteiger partial charge in [-0.1, -0.05) is 0 Å². The van der Waals surface area contributed by atoms with Crippen LogP contribution in [0.25, 0.3) is 0 Å². The van der Waals surface area contributed by atoms with E-state index < -0.39 is 0 Å². The molecule has 0 unspecified atom stereocenters. The molecule has 14 heavy (non-hydrogen) atoms. The summed E-state index contributed by atoms with van der Waals surface area (Å²) >= 11 is 2.04. The van der Waals surface area contributed by atoms with Crippen molar-refractivity contribution >= 4 is 17.7 Å². The number of methoxy groups -OCH3 is 1. The van der Waals surface area contributed by atoms with E-state index in [1.165, 1.54) is 44.3 Å². The first-order valence-corrected chi connectivity index (χ1v) is 6.54. The predicted octanol–water partition coefficient (Wildman–Crippen LogP) is 2.47. The summed E-state index contributed by atoms with van der Waals surface area (Å²) in [6.45, 7) is 0. The third-order valence-electron chi connectivity index (χ3n) is 3.16. The van der Waals surface area contributed by atoms with Crippen LogP contribution in [0, 0.1) is 11.3 Å². The molecule has 2 saturated carbocycles. The minimum absolute atomic E-state index is 0.0329. The fraction of sp³-hybridized carbons (Fsp3) is 0.909. The van der Waals surface area contributed by atoms with Crippen LogP contribution >= 0.6 is 11.8 Å². The molecular weight excluding hydrogens is 196 g/mol. The summed E-state index contributed by atoms with van der Waals surface area (Å²) < 4.78 is 4.72. The van der Waals surface area contributed by atoms with Gasteiger partial charge in [-0.25, -0.2) is 0 Å². The van der Waals surface area contributed by atoms with Gasteiger partial charge in [0, 0.05) is 0 Å². The van der Waals surface area contributed by atoms with E-state index in [1.54, 1.807) is 0 Å². The molecule has 2 fully saturated rings. The van der Waals surface area contributed by atoms with Gasteiger partial charge in [-0.15, -0.1) is 0 Å². The van der Waals surface area contributed by atoms with Crippen molar-refractivity contribution in [2.24, 2.45) is 11.3 Å². The molecule has 2 rings (SSSR count). The number of carbonyl (C=O) groups is 1. The Hall–Kier alpha value is -0.180. The van der Waals surface area contributed by atoms with Gasteiger partial charge in [0.05, 0.1) is 13.5 Å².